The Morgan fingerprint density at radius 2 is 1.81 bits per heavy atom. The first kappa shape index (κ1) is 20.9. The Labute approximate surface area is 162 Å². The van der Waals surface area contributed by atoms with E-state index in [0.29, 0.717) is 6.54 Å². The molecule has 0 spiro atoms. The van der Waals surface area contributed by atoms with E-state index < -0.39 is 0 Å². The predicted octanol–water partition coefficient (Wildman–Crippen LogP) is 3.90. The van der Waals surface area contributed by atoms with Gasteiger partial charge in [0.1, 0.15) is 17.4 Å². The van der Waals surface area contributed by atoms with E-state index in [0.717, 1.165) is 54.4 Å². The van der Waals surface area contributed by atoms with Crippen molar-refractivity contribution >= 4 is 16.7 Å². The third-order valence-electron chi connectivity index (χ3n) is 3.96. The highest BCUT2D eigenvalue weighted by Gasteiger charge is 2.10. The fraction of sp³-hybridized carbons (Fsp3) is 0.429. The van der Waals surface area contributed by atoms with E-state index in [-0.39, 0.29) is 0 Å². The monoisotopic (exact) mass is 369 g/mol. The highest BCUT2D eigenvalue weighted by Crippen LogP contribution is 2.20. The molecule has 0 amide bonds. The molecule has 0 saturated heterocycles. The molecule has 0 aliphatic carbocycles. The van der Waals surface area contributed by atoms with Gasteiger partial charge in [-0.15, -0.1) is 0 Å². The quantitative estimate of drug-likeness (QED) is 0.558. The van der Waals surface area contributed by atoms with Gasteiger partial charge in [-0.05, 0) is 51.3 Å². The number of rotatable bonds is 9. The zero-order chi connectivity index (χ0) is 19.5. The number of para-hydroxylation sites is 1. The second kappa shape index (κ2) is 11.3. The van der Waals surface area contributed by atoms with Crippen molar-refractivity contribution in [3.05, 3.63) is 54.2 Å². The van der Waals surface area contributed by atoms with Crippen LogP contribution in [0.4, 0.5) is 5.82 Å². The number of furan rings is 1. The molecule has 6 heteroatoms. The molecule has 3 rings (SSSR count). The minimum Gasteiger partial charge on any atom is -0.468 e. The molecule has 2 aromatic heterocycles. The van der Waals surface area contributed by atoms with Crippen LogP contribution in [-0.2, 0) is 13.1 Å². The third-order valence-corrected chi connectivity index (χ3v) is 3.96. The Kier molecular flexibility index (Phi) is 8.74. The molecule has 0 bridgehead atoms. The largest absolute Gasteiger partial charge is 0.468 e. The maximum absolute atomic E-state index is 5.41. The zero-order valence-electron chi connectivity index (χ0n) is 16.8. The van der Waals surface area contributed by atoms with Gasteiger partial charge in [0.2, 0.25) is 0 Å². The minimum absolute atomic E-state index is 0.663. The molecular formula is C21H31N5O. The van der Waals surface area contributed by atoms with Crippen molar-refractivity contribution in [2.24, 2.45) is 0 Å². The molecule has 0 atom stereocenters. The molecule has 146 valence electrons. The molecule has 0 fully saturated rings. The van der Waals surface area contributed by atoms with Crippen molar-refractivity contribution in [3.63, 3.8) is 0 Å². The molecule has 0 radical (unpaired) electrons. The molecule has 0 aliphatic rings. The summed E-state index contributed by atoms with van der Waals surface area (Å²) in [7, 11) is 4.01. The van der Waals surface area contributed by atoms with E-state index in [1.54, 1.807) is 6.26 Å². The summed E-state index contributed by atoms with van der Waals surface area (Å²) in [5.74, 6) is 2.65. The van der Waals surface area contributed by atoms with Gasteiger partial charge in [-0.25, -0.2) is 9.97 Å². The van der Waals surface area contributed by atoms with Gasteiger partial charge < -0.3 is 15.1 Å². The fourth-order valence-electron chi connectivity index (χ4n) is 2.77. The summed E-state index contributed by atoms with van der Waals surface area (Å²) >= 11 is 0. The molecule has 0 unspecified atom stereocenters. The van der Waals surface area contributed by atoms with Crippen molar-refractivity contribution in [1.82, 2.24) is 20.2 Å². The van der Waals surface area contributed by atoms with Crippen LogP contribution in [0.25, 0.3) is 10.9 Å². The van der Waals surface area contributed by atoms with Gasteiger partial charge in [0.15, 0.2) is 0 Å². The summed E-state index contributed by atoms with van der Waals surface area (Å²) in [6, 6.07) is 12.0. The third kappa shape index (κ3) is 6.34. The van der Waals surface area contributed by atoms with Crippen LogP contribution in [0.3, 0.4) is 0 Å². The van der Waals surface area contributed by atoms with Crippen LogP contribution in [0.2, 0.25) is 0 Å². The van der Waals surface area contributed by atoms with Crippen LogP contribution in [0.15, 0.2) is 47.1 Å². The Hall–Kier alpha value is -2.44. The lowest BCUT2D eigenvalue weighted by atomic mass is 10.2. The molecule has 0 saturated carbocycles. The summed E-state index contributed by atoms with van der Waals surface area (Å²) in [4.78, 5) is 11.6. The highest BCUT2D eigenvalue weighted by molar-refractivity contribution is 5.88. The minimum atomic E-state index is 0.663. The van der Waals surface area contributed by atoms with E-state index >= 15 is 0 Å². The molecule has 2 heterocycles. The molecule has 3 aromatic rings. The van der Waals surface area contributed by atoms with Crippen LogP contribution < -0.4 is 10.6 Å². The number of fused-ring (bicyclic) bond motifs is 1. The average molecular weight is 370 g/mol. The first-order valence-electron chi connectivity index (χ1n) is 9.61. The maximum Gasteiger partial charge on any atom is 0.145 e. The van der Waals surface area contributed by atoms with E-state index in [2.05, 4.69) is 21.6 Å². The van der Waals surface area contributed by atoms with Gasteiger partial charge in [-0.2, -0.15) is 0 Å². The fourth-order valence-corrected chi connectivity index (χ4v) is 2.77. The predicted molar refractivity (Wildman–Crippen MR) is 112 cm³/mol. The second-order valence-corrected chi connectivity index (χ2v) is 6.14. The number of benzene rings is 1. The highest BCUT2D eigenvalue weighted by atomic mass is 16.3. The van der Waals surface area contributed by atoms with Gasteiger partial charge in [0, 0.05) is 11.9 Å². The van der Waals surface area contributed by atoms with Crippen LogP contribution in [0.5, 0.6) is 0 Å². The molecule has 1 aromatic carbocycles. The van der Waals surface area contributed by atoms with Crippen molar-refractivity contribution in [2.75, 3.05) is 32.5 Å². The lowest BCUT2D eigenvalue weighted by molar-refractivity contribution is 0.282. The molecule has 6 nitrogen and oxygen atoms in total. The normalized spacial score (nSPS) is 10.7. The zero-order valence-corrected chi connectivity index (χ0v) is 16.8. The van der Waals surface area contributed by atoms with Crippen LogP contribution in [0.1, 0.15) is 31.9 Å². The smallest absolute Gasteiger partial charge is 0.145 e. The SMILES string of the molecule is CC.CNCCCNc1nc(CN(C)Cc2ccco2)nc2ccccc12. The number of aromatic nitrogens is 2. The van der Waals surface area contributed by atoms with Crippen molar-refractivity contribution in [3.8, 4) is 0 Å². The van der Waals surface area contributed by atoms with Gasteiger partial charge in [-0.1, -0.05) is 26.0 Å². The van der Waals surface area contributed by atoms with E-state index in [1.807, 2.05) is 58.3 Å². The summed E-state index contributed by atoms with van der Waals surface area (Å²) in [6.07, 6.45) is 2.74. The first-order valence-corrected chi connectivity index (χ1v) is 9.61. The van der Waals surface area contributed by atoms with Gasteiger partial charge in [0.05, 0.1) is 24.9 Å². The van der Waals surface area contributed by atoms with Gasteiger partial charge in [0.25, 0.3) is 0 Å². The maximum atomic E-state index is 5.41. The van der Waals surface area contributed by atoms with Crippen LogP contribution in [-0.4, -0.2) is 42.1 Å². The first-order chi connectivity index (χ1) is 13.3. The average Bonchev–Trinajstić information content (AvgIpc) is 3.19. The summed E-state index contributed by atoms with van der Waals surface area (Å²) in [5, 5.41) is 7.67. The Morgan fingerprint density at radius 3 is 2.56 bits per heavy atom. The number of anilines is 1. The van der Waals surface area contributed by atoms with Gasteiger partial charge >= 0.3 is 0 Å². The van der Waals surface area contributed by atoms with E-state index in [9.17, 15) is 0 Å². The van der Waals surface area contributed by atoms with Crippen molar-refractivity contribution < 1.29 is 4.42 Å². The topological polar surface area (TPSA) is 66.2 Å². The lowest BCUT2D eigenvalue weighted by Gasteiger charge is -2.16. The number of hydrogen-bond acceptors (Lipinski definition) is 6. The summed E-state index contributed by atoms with van der Waals surface area (Å²) < 4.78 is 5.41. The molecule has 2 N–H and O–H groups in total. The van der Waals surface area contributed by atoms with E-state index in [4.69, 9.17) is 14.4 Å². The van der Waals surface area contributed by atoms with E-state index in [1.165, 1.54) is 0 Å². The van der Waals surface area contributed by atoms with Gasteiger partial charge in [-0.3, -0.25) is 4.90 Å². The second-order valence-electron chi connectivity index (χ2n) is 6.14. The van der Waals surface area contributed by atoms with Crippen LogP contribution >= 0.6 is 0 Å². The van der Waals surface area contributed by atoms with Crippen molar-refractivity contribution in [1.29, 1.82) is 0 Å². The molecule has 27 heavy (non-hydrogen) atoms. The van der Waals surface area contributed by atoms with Crippen molar-refractivity contribution in [2.45, 2.75) is 33.4 Å². The lowest BCUT2D eigenvalue weighted by Crippen LogP contribution is -2.19. The number of nitrogens with one attached hydrogen (secondary N) is 2. The number of hydrogen-bond donors (Lipinski definition) is 2. The standard InChI is InChI=1S/C19H25N5O.C2H6/c1-20-10-6-11-21-19-16-8-3-4-9-17(16)22-18(23-19)14-24(2)13-15-7-5-12-25-15;1-2/h3-5,7-9,12,20H,6,10-11,13-14H2,1-2H3,(H,21,22,23);1-2H3. The summed E-state index contributed by atoms with van der Waals surface area (Å²) in [6.45, 7) is 7.25. The summed E-state index contributed by atoms with van der Waals surface area (Å²) in [5.41, 5.74) is 0.968. The Morgan fingerprint density at radius 1 is 1.00 bits per heavy atom. The number of nitrogens with zero attached hydrogens (tertiary/aromatic N) is 3. The Bertz CT molecular complexity index is 788. The Balaban J connectivity index is 0.00000126. The molecule has 0 aliphatic heterocycles. The van der Waals surface area contributed by atoms with Crippen LogP contribution in [0, 0.1) is 0 Å². The molecular weight excluding hydrogens is 338 g/mol.